The number of rotatable bonds is 3. The molecule has 6 heteroatoms. The van der Waals surface area contributed by atoms with Gasteiger partial charge in [-0.15, -0.1) is 24.8 Å². The molecule has 0 fully saturated rings. The molecule has 3 rings (SSSR count). The number of halogens is 2. The molecule has 0 spiro atoms. The fraction of sp³-hybridized carbons (Fsp3) is 0.400. The zero-order valence-electron chi connectivity index (χ0n) is 12.2. The van der Waals surface area contributed by atoms with Crippen molar-refractivity contribution in [2.75, 3.05) is 14.2 Å². The third kappa shape index (κ3) is 3.44. The first kappa shape index (κ1) is 17.7. The number of aromatic nitrogens is 2. The lowest BCUT2D eigenvalue weighted by atomic mass is 10.1. The molecule has 1 aromatic heterocycles. The van der Waals surface area contributed by atoms with E-state index < -0.39 is 0 Å². The Morgan fingerprint density at radius 3 is 2.48 bits per heavy atom. The highest BCUT2D eigenvalue weighted by Gasteiger charge is 2.14. The Kier molecular flexibility index (Phi) is 6.37. The molecule has 0 bridgehead atoms. The topological polar surface area (TPSA) is 36.3 Å². The number of nitrogens with zero attached hydrogens (tertiary/aromatic N) is 2. The lowest BCUT2D eigenvalue weighted by Gasteiger charge is -2.11. The maximum absolute atomic E-state index is 5.34. The van der Waals surface area contributed by atoms with Gasteiger partial charge in [0.1, 0.15) is 5.82 Å². The van der Waals surface area contributed by atoms with Gasteiger partial charge in [0.2, 0.25) is 0 Å². The summed E-state index contributed by atoms with van der Waals surface area (Å²) in [6, 6.07) is 5.93. The van der Waals surface area contributed by atoms with E-state index >= 15 is 0 Å². The van der Waals surface area contributed by atoms with Gasteiger partial charge in [-0.3, -0.25) is 0 Å². The molecule has 1 aliphatic heterocycles. The van der Waals surface area contributed by atoms with E-state index in [1.165, 1.54) is 18.7 Å². The molecule has 0 N–H and O–H groups in total. The molecule has 0 atom stereocenters. The Bertz CT molecular complexity index is 576. The molecule has 0 aliphatic carbocycles. The van der Waals surface area contributed by atoms with Gasteiger partial charge in [-0.05, 0) is 31.0 Å². The van der Waals surface area contributed by atoms with Crippen LogP contribution in [0.25, 0.3) is 11.3 Å². The minimum absolute atomic E-state index is 0. The Balaban J connectivity index is 0.00000110. The summed E-state index contributed by atoms with van der Waals surface area (Å²) in [6.07, 6.45) is 5.69. The van der Waals surface area contributed by atoms with Gasteiger partial charge in [-0.2, -0.15) is 0 Å². The Morgan fingerprint density at radius 2 is 1.81 bits per heavy atom. The van der Waals surface area contributed by atoms with Crippen LogP contribution < -0.4 is 9.47 Å². The second-order valence-corrected chi connectivity index (χ2v) is 4.76. The largest absolute Gasteiger partial charge is 0.493 e. The van der Waals surface area contributed by atoms with Crippen molar-refractivity contribution in [3.8, 4) is 22.8 Å². The van der Waals surface area contributed by atoms with E-state index in [9.17, 15) is 0 Å². The van der Waals surface area contributed by atoms with Crippen LogP contribution >= 0.6 is 24.8 Å². The van der Waals surface area contributed by atoms with Gasteiger partial charge in [0.25, 0.3) is 0 Å². The maximum Gasteiger partial charge on any atom is 0.161 e. The van der Waals surface area contributed by atoms with E-state index in [4.69, 9.17) is 14.5 Å². The Hall–Kier alpha value is -1.39. The molecule has 116 valence electrons. The fourth-order valence-corrected chi connectivity index (χ4v) is 2.55. The monoisotopic (exact) mass is 330 g/mol. The second kappa shape index (κ2) is 7.57. The molecule has 0 saturated carbocycles. The normalized spacial score (nSPS) is 12.7. The van der Waals surface area contributed by atoms with Gasteiger partial charge in [0, 0.05) is 24.7 Å². The average molecular weight is 331 g/mol. The zero-order chi connectivity index (χ0) is 13.2. The molecule has 1 aromatic carbocycles. The van der Waals surface area contributed by atoms with E-state index in [1.54, 1.807) is 14.2 Å². The molecule has 0 radical (unpaired) electrons. The van der Waals surface area contributed by atoms with Crippen LogP contribution in [0.3, 0.4) is 0 Å². The third-order valence-corrected chi connectivity index (χ3v) is 3.59. The van der Waals surface area contributed by atoms with Crippen molar-refractivity contribution in [2.24, 2.45) is 0 Å². The van der Waals surface area contributed by atoms with Gasteiger partial charge in [-0.1, -0.05) is 0 Å². The zero-order valence-corrected chi connectivity index (χ0v) is 13.8. The highest BCUT2D eigenvalue weighted by molar-refractivity contribution is 5.85. The second-order valence-electron chi connectivity index (χ2n) is 4.76. The van der Waals surface area contributed by atoms with E-state index in [0.29, 0.717) is 0 Å². The van der Waals surface area contributed by atoms with Crippen LogP contribution in [-0.4, -0.2) is 23.8 Å². The van der Waals surface area contributed by atoms with Gasteiger partial charge in [0.05, 0.1) is 19.9 Å². The number of benzene rings is 1. The first-order chi connectivity index (χ1) is 9.31. The quantitative estimate of drug-likeness (QED) is 0.859. The first-order valence-corrected chi connectivity index (χ1v) is 6.60. The van der Waals surface area contributed by atoms with Gasteiger partial charge in [0.15, 0.2) is 11.5 Å². The number of aryl methyl sites for hydroxylation is 2. The highest BCUT2D eigenvalue weighted by Crippen LogP contribution is 2.32. The smallest absolute Gasteiger partial charge is 0.161 e. The standard InChI is InChI=1S/C15H18N2O2.2ClH/c1-18-13-7-6-11(9-14(13)19-2)12-10-17-8-4-3-5-15(17)16-12;;/h6-7,9-10H,3-5,8H2,1-2H3;2*1H. The molecule has 2 heterocycles. The van der Waals surface area contributed by atoms with Crippen molar-refractivity contribution in [1.29, 1.82) is 0 Å². The molecule has 1 aliphatic rings. The van der Waals surface area contributed by atoms with Crippen molar-refractivity contribution in [3.05, 3.63) is 30.2 Å². The summed E-state index contributed by atoms with van der Waals surface area (Å²) in [5.41, 5.74) is 2.08. The number of imidazole rings is 1. The van der Waals surface area contributed by atoms with Crippen molar-refractivity contribution >= 4 is 24.8 Å². The third-order valence-electron chi connectivity index (χ3n) is 3.59. The molecule has 0 unspecified atom stereocenters. The van der Waals surface area contributed by atoms with Crippen LogP contribution in [0.15, 0.2) is 24.4 Å². The molecule has 0 amide bonds. The summed E-state index contributed by atoms with van der Waals surface area (Å²) in [6.45, 7) is 1.08. The molecule has 0 saturated heterocycles. The van der Waals surface area contributed by atoms with Crippen molar-refractivity contribution in [3.63, 3.8) is 0 Å². The van der Waals surface area contributed by atoms with Crippen LogP contribution in [0.2, 0.25) is 0 Å². The predicted molar refractivity (Wildman–Crippen MR) is 88.2 cm³/mol. The molecule has 4 nitrogen and oxygen atoms in total. The molecule has 21 heavy (non-hydrogen) atoms. The van der Waals surface area contributed by atoms with Crippen molar-refractivity contribution < 1.29 is 9.47 Å². The van der Waals surface area contributed by atoms with Gasteiger partial charge in [-0.25, -0.2) is 4.98 Å². The average Bonchev–Trinajstić information content (AvgIpc) is 2.90. The fourth-order valence-electron chi connectivity index (χ4n) is 2.55. The summed E-state index contributed by atoms with van der Waals surface area (Å²) in [5.74, 6) is 2.68. The SMILES string of the molecule is COc1ccc(-c2cn3c(n2)CCCC3)cc1OC.Cl.Cl. The summed E-state index contributed by atoms with van der Waals surface area (Å²) in [7, 11) is 3.30. The van der Waals surface area contributed by atoms with Gasteiger partial charge >= 0.3 is 0 Å². The van der Waals surface area contributed by atoms with E-state index in [2.05, 4.69) is 10.8 Å². The minimum atomic E-state index is 0. The number of ether oxygens (including phenoxy) is 2. The summed E-state index contributed by atoms with van der Waals surface area (Å²) in [4.78, 5) is 4.72. The maximum atomic E-state index is 5.34. The molecular formula is C15H20Cl2N2O2. The Labute approximate surface area is 137 Å². The van der Waals surface area contributed by atoms with Crippen LogP contribution in [0.5, 0.6) is 11.5 Å². The molecular weight excluding hydrogens is 311 g/mol. The van der Waals surface area contributed by atoms with Crippen LogP contribution in [-0.2, 0) is 13.0 Å². The summed E-state index contributed by atoms with van der Waals surface area (Å²) < 4.78 is 12.9. The lowest BCUT2D eigenvalue weighted by molar-refractivity contribution is 0.355. The number of fused-ring (bicyclic) bond motifs is 1. The van der Waals surface area contributed by atoms with E-state index in [0.717, 1.165) is 35.7 Å². The summed E-state index contributed by atoms with van der Waals surface area (Å²) in [5, 5.41) is 0. The summed E-state index contributed by atoms with van der Waals surface area (Å²) >= 11 is 0. The van der Waals surface area contributed by atoms with Gasteiger partial charge < -0.3 is 14.0 Å². The van der Waals surface area contributed by atoms with Crippen molar-refractivity contribution in [1.82, 2.24) is 9.55 Å². The number of hydrogen-bond donors (Lipinski definition) is 0. The van der Waals surface area contributed by atoms with E-state index in [-0.39, 0.29) is 24.8 Å². The predicted octanol–water partition coefficient (Wildman–Crippen LogP) is 3.75. The van der Waals surface area contributed by atoms with Crippen LogP contribution in [0.4, 0.5) is 0 Å². The van der Waals surface area contributed by atoms with Crippen molar-refractivity contribution in [2.45, 2.75) is 25.8 Å². The van der Waals surface area contributed by atoms with E-state index in [1.807, 2.05) is 18.2 Å². The highest BCUT2D eigenvalue weighted by atomic mass is 35.5. The van der Waals surface area contributed by atoms with Crippen LogP contribution in [0, 0.1) is 0 Å². The van der Waals surface area contributed by atoms with Crippen LogP contribution in [0.1, 0.15) is 18.7 Å². The number of methoxy groups -OCH3 is 2. The first-order valence-electron chi connectivity index (χ1n) is 6.60. The number of hydrogen-bond acceptors (Lipinski definition) is 3. The Morgan fingerprint density at radius 1 is 1.05 bits per heavy atom. The molecule has 2 aromatic rings. The lowest BCUT2D eigenvalue weighted by Crippen LogP contribution is -2.08. The minimum Gasteiger partial charge on any atom is -0.493 e.